The molecule has 1 nitrogen and oxygen atoms in total. The average molecular weight is 319 g/mol. The summed E-state index contributed by atoms with van der Waals surface area (Å²) in [4.78, 5) is 0. The first kappa shape index (κ1) is 15.8. The van der Waals surface area contributed by atoms with Gasteiger partial charge in [-0.1, -0.05) is 0 Å². The quantitative estimate of drug-likeness (QED) is 0.441. The zero-order valence-corrected chi connectivity index (χ0v) is 14.1. The van der Waals surface area contributed by atoms with Crippen molar-refractivity contribution in [3.05, 3.63) is 0 Å². The van der Waals surface area contributed by atoms with Crippen LogP contribution in [-0.2, 0) is 4.74 Å². The number of hydrogen-bond acceptors (Lipinski definition) is 1. The van der Waals surface area contributed by atoms with Crippen molar-refractivity contribution in [1.29, 1.82) is 0 Å². The second kappa shape index (κ2) is 11.3. The maximum atomic E-state index is 5.76. The van der Waals surface area contributed by atoms with Gasteiger partial charge in [-0.15, -0.1) is 0 Å². The van der Waals surface area contributed by atoms with Crippen LogP contribution in [0.5, 0.6) is 0 Å². The van der Waals surface area contributed by atoms with E-state index in [2.05, 4.69) is 20.8 Å². The van der Waals surface area contributed by atoms with Crippen LogP contribution in [0.25, 0.3) is 0 Å². The summed E-state index contributed by atoms with van der Waals surface area (Å²) < 4.78 is 6.62. The fourth-order valence-corrected chi connectivity index (χ4v) is 3.82. The van der Waals surface area contributed by atoms with E-state index in [0.717, 1.165) is 23.1 Å². The van der Waals surface area contributed by atoms with Gasteiger partial charge in [0.2, 0.25) is 0 Å². The topological polar surface area (TPSA) is 9.23 Å². The third-order valence-electron chi connectivity index (χ3n) is 3.11. The molecule has 0 aromatic rings. The predicted octanol–water partition coefficient (Wildman–Crippen LogP) is 3.71. The first-order valence-corrected chi connectivity index (χ1v) is 8.49. The minimum atomic E-state index is 0.858. The van der Waals surface area contributed by atoms with Gasteiger partial charge >= 0.3 is 110 Å². The molecule has 0 heterocycles. The summed E-state index contributed by atoms with van der Waals surface area (Å²) in [5.74, 6) is 0.906. The van der Waals surface area contributed by atoms with Crippen molar-refractivity contribution >= 4 is 22.5 Å². The van der Waals surface area contributed by atoms with Crippen molar-refractivity contribution in [1.82, 2.24) is 0 Å². The molecule has 2 radical (unpaired) electrons. The van der Waals surface area contributed by atoms with Gasteiger partial charge in [-0.3, -0.25) is 0 Å². The molecule has 0 spiro atoms. The molecule has 0 aromatic carbocycles. The molecule has 0 aromatic heterocycles. The number of hydrogen-bond donors (Lipinski definition) is 0. The molecule has 2 heteroatoms. The molecule has 0 fully saturated rings. The van der Waals surface area contributed by atoms with Gasteiger partial charge in [0.15, 0.2) is 0 Å². The second-order valence-corrected chi connectivity index (χ2v) is 6.82. The molecule has 0 N–H and O–H groups in total. The first-order chi connectivity index (χ1) is 7.26. The molecular weight excluding hydrogens is 291 g/mol. The van der Waals surface area contributed by atoms with E-state index in [9.17, 15) is 0 Å². The minimum absolute atomic E-state index is 0.858. The zero-order valence-electron chi connectivity index (χ0n) is 10.8. The summed E-state index contributed by atoms with van der Waals surface area (Å²) in [5, 5.41) is 0. The van der Waals surface area contributed by atoms with Crippen LogP contribution in [0, 0.1) is 5.92 Å². The van der Waals surface area contributed by atoms with E-state index in [1.165, 1.54) is 61.0 Å². The molecule has 0 amide bonds. The summed E-state index contributed by atoms with van der Waals surface area (Å²) in [6, 6.07) is 0. The molecule has 0 aliphatic carbocycles. The summed E-state index contributed by atoms with van der Waals surface area (Å²) in [6.45, 7) is 8.86. The molecule has 1 atom stereocenters. The maximum absolute atomic E-state index is 5.76. The van der Waals surface area contributed by atoms with Crippen LogP contribution >= 0.6 is 0 Å². The van der Waals surface area contributed by atoms with Crippen LogP contribution in [0.1, 0.15) is 59.3 Å². The van der Waals surface area contributed by atoms with Crippen LogP contribution in [0.15, 0.2) is 0 Å². The Bertz CT molecular complexity index is 124. The van der Waals surface area contributed by atoms with Gasteiger partial charge in [-0.05, 0) is 0 Å². The van der Waals surface area contributed by atoms with Crippen LogP contribution < -0.4 is 0 Å². The SMILES string of the molecule is CCCCCCOC[CH]([SnH])C(CC)CC. The Kier molecular flexibility index (Phi) is 11.8. The molecule has 0 aliphatic heterocycles. The number of rotatable bonds is 10. The van der Waals surface area contributed by atoms with Gasteiger partial charge in [0.05, 0.1) is 0 Å². The van der Waals surface area contributed by atoms with Gasteiger partial charge in [0, 0.05) is 0 Å². The Balaban J connectivity index is 3.33. The summed E-state index contributed by atoms with van der Waals surface area (Å²) in [7, 11) is 0. The van der Waals surface area contributed by atoms with Crippen LogP contribution in [-0.4, -0.2) is 35.7 Å². The number of ether oxygens (including phenoxy) is 1. The van der Waals surface area contributed by atoms with E-state index in [1.54, 1.807) is 0 Å². The van der Waals surface area contributed by atoms with Gasteiger partial charge in [0.25, 0.3) is 0 Å². The molecule has 15 heavy (non-hydrogen) atoms. The van der Waals surface area contributed by atoms with E-state index < -0.39 is 0 Å². The monoisotopic (exact) mass is 320 g/mol. The fraction of sp³-hybridized carbons (Fsp3) is 1.00. The summed E-state index contributed by atoms with van der Waals surface area (Å²) in [5.41, 5.74) is 0. The Hall–Kier alpha value is 0.759. The van der Waals surface area contributed by atoms with Crippen molar-refractivity contribution in [2.24, 2.45) is 5.92 Å². The molecule has 0 rings (SSSR count). The second-order valence-electron chi connectivity index (χ2n) is 4.38. The third-order valence-corrected chi connectivity index (χ3v) is 5.21. The molecule has 90 valence electrons. The van der Waals surface area contributed by atoms with Gasteiger partial charge < -0.3 is 0 Å². The Morgan fingerprint density at radius 1 is 1.00 bits per heavy atom. The van der Waals surface area contributed by atoms with E-state index in [4.69, 9.17) is 4.74 Å². The number of unbranched alkanes of at least 4 members (excludes halogenated alkanes) is 3. The van der Waals surface area contributed by atoms with Crippen molar-refractivity contribution < 1.29 is 4.74 Å². The van der Waals surface area contributed by atoms with E-state index in [0.29, 0.717) is 0 Å². The summed E-state index contributed by atoms with van der Waals surface area (Å²) in [6.07, 6.45) is 7.91. The third kappa shape index (κ3) is 8.55. The normalized spacial score (nSPS) is 13.4. The predicted molar refractivity (Wildman–Crippen MR) is 69.9 cm³/mol. The van der Waals surface area contributed by atoms with Gasteiger partial charge in [0.1, 0.15) is 0 Å². The van der Waals surface area contributed by atoms with E-state index in [1.807, 2.05) is 0 Å². The standard InChI is InChI=1S/C13H27O.Sn.H/c1-4-7-8-9-11-14-12-10-13(5-2)6-3;;/h10,13H,4-9,11-12H2,1-3H3;;. The first-order valence-electron chi connectivity index (χ1n) is 6.59. The average Bonchev–Trinajstić information content (AvgIpc) is 2.25. The van der Waals surface area contributed by atoms with Crippen LogP contribution in [0.3, 0.4) is 0 Å². The molecular formula is C13H28OSn. The summed E-state index contributed by atoms with van der Waals surface area (Å²) >= 11 is 1.35. The zero-order chi connectivity index (χ0) is 11.5. The molecule has 0 saturated heterocycles. The van der Waals surface area contributed by atoms with Crippen molar-refractivity contribution in [3.8, 4) is 0 Å². The van der Waals surface area contributed by atoms with E-state index >= 15 is 0 Å². The Labute approximate surface area is 109 Å². The van der Waals surface area contributed by atoms with Gasteiger partial charge in [-0.25, -0.2) is 0 Å². The fourth-order valence-electron chi connectivity index (χ4n) is 1.88. The van der Waals surface area contributed by atoms with Crippen LogP contribution in [0.2, 0.25) is 3.93 Å². The molecule has 0 bridgehead atoms. The van der Waals surface area contributed by atoms with Crippen molar-refractivity contribution in [2.75, 3.05) is 13.2 Å². The van der Waals surface area contributed by atoms with Crippen LogP contribution in [0.4, 0.5) is 0 Å². The van der Waals surface area contributed by atoms with Gasteiger partial charge in [-0.2, -0.15) is 0 Å². The molecule has 1 unspecified atom stereocenters. The van der Waals surface area contributed by atoms with E-state index in [-0.39, 0.29) is 0 Å². The van der Waals surface area contributed by atoms with Crippen molar-refractivity contribution in [3.63, 3.8) is 0 Å². The molecule has 0 saturated carbocycles. The Morgan fingerprint density at radius 3 is 2.20 bits per heavy atom. The Morgan fingerprint density at radius 2 is 1.67 bits per heavy atom. The van der Waals surface area contributed by atoms with Crippen molar-refractivity contribution in [2.45, 2.75) is 63.2 Å². The molecule has 0 aliphatic rings.